The van der Waals surface area contributed by atoms with Crippen LogP contribution in [-0.2, 0) is 9.53 Å². The Hall–Kier alpha value is -0.650. The van der Waals surface area contributed by atoms with E-state index in [9.17, 15) is 4.79 Å². The van der Waals surface area contributed by atoms with Crippen LogP contribution in [0.1, 0.15) is 32.1 Å². The minimum Gasteiger partial charge on any atom is -0.370 e. The lowest BCUT2D eigenvalue weighted by Gasteiger charge is -2.53. The Morgan fingerprint density at radius 3 is 2.32 bits per heavy atom. The lowest BCUT2D eigenvalue weighted by atomic mass is 9.80. The van der Waals surface area contributed by atoms with Crippen LogP contribution in [0.2, 0.25) is 0 Å². The van der Waals surface area contributed by atoms with Gasteiger partial charge in [-0.1, -0.05) is 0 Å². The molecule has 5 heteroatoms. The SMILES string of the molecule is CN1CCN(CC2CC3(CCN(C(=O)C4CC4)CC3)O2)CC1. The predicted molar refractivity (Wildman–Crippen MR) is 84.7 cm³/mol. The van der Waals surface area contributed by atoms with Gasteiger partial charge in [-0.15, -0.1) is 0 Å². The van der Waals surface area contributed by atoms with Crippen LogP contribution < -0.4 is 0 Å². The van der Waals surface area contributed by atoms with Crippen LogP contribution in [0.15, 0.2) is 0 Å². The third kappa shape index (κ3) is 3.03. The molecular weight excluding hydrogens is 278 g/mol. The minimum atomic E-state index is 0.109. The van der Waals surface area contributed by atoms with E-state index >= 15 is 0 Å². The average molecular weight is 307 g/mol. The number of carbonyl (C=O) groups is 1. The van der Waals surface area contributed by atoms with Crippen LogP contribution in [0.4, 0.5) is 0 Å². The largest absolute Gasteiger partial charge is 0.370 e. The fraction of sp³-hybridized carbons (Fsp3) is 0.941. The molecule has 0 N–H and O–H groups in total. The van der Waals surface area contributed by atoms with Crippen LogP contribution in [0.25, 0.3) is 0 Å². The molecule has 0 bridgehead atoms. The molecule has 1 amide bonds. The first-order valence-electron chi connectivity index (χ1n) is 9.01. The zero-order valence-electron chi connectivity index (χ0n) is 13.8. The average Bonchev–Trinajstić information content (AvgIpc) is 3.33. The molecule has 1 spiro atoms. The second-order valence-corrected chi connectivity index (χ2v) is 7.83. The van der Waals surface area contributed by atoms with E-state index in [0.29, 0.717) is 17.9 Å². The van der Waals surface area contributed by atoms with Crippen LogP contribution in [0.5, 0.6) is 0 Å². The summed E-state index contributed by atoms with van der Waals surface area (Å²) in [6.07, 6.45) is 5.95. The van der Waals surface area contributed by atoms with Crippen molar-refractivity contribution in [2.45, 2.75) is 43.8 Å². The van der Waals surface area contributed by atoms with Gasteiger partial charge in [0.2, 0.25) is 5.91 Å². The minimum absolute atomic E-state index is 0.109. The zero-order valence-corrected chi connectivity index (χ0v) is 13.8. The number of piperidine rings is 1. The van der Waals surface area contributed by atoms with E-state index in [4.69, 9.17) is 4.74 Å². The second kappa shape index (κ2) is 5.77. The molecule has 3 aliphatic heterocycles. The van der Waals surface area contributed by atoms with Gasteiger partial charge in [0, 0.05) is 58.2 Å². The normalized spacial score (nSPS) is 33.0. The summed E-state index contributed by atoms with van der Waals surface area (Å²) in [5.74, 6) is 0.768. The summed E-state index contributed by atoms with van der Waals surface area (Å²) in [6.45, 7) is 7.62. The molecule has 1 aliphatic carbocycles. The van der Waals surface area contributed by atoms with Crippen molar-refractivity contribution in [3.63, 3.8) is 0 Å². The highest BCUT2D eigenvalue weighted by Gasteiger charge is 2.48. The van der Waals surface area contributed by atoms with Crippen molar-refractivity contribution in [3.8, 4) is 0 Å². The molecule has 3 heterocycles. The molecule has 124 valence electrons. The maximum Gasteiger partial charge on any atom is 0.225 e. The van der Waals surface area contributed by atoms with Crippen LogP contribution in [0, 0.1) is 5.92 Å². The van der Waals surface area contributed by atoms with Gasteiger partial charge in [-0.25, -0.2) is 0 Å². The number of likely N-dealkylation sites (tertiary alicyclic amines) is 1. The molecule has 4 aliphatic rings. The third-order valence-corrected chi connectivity index (χ3v) is 5.99. The maximum absolute atomic E-state index is 12.1. The number of piperazine rings is 1. The summed E-state index contributed by atoms with van der Waals surface area (Å²) in [7, 11) is 2.20. The summed E-state index contributed by atoms with van der Waals surface area (Å²) >= 11 is 0. The smallest absolute Gasteiger partial charge is 0.225 e. The number of nitrogens with zero attached hydrogens (tertiary/aromatic N) is 3. The van der Waals surface area contributed by atoms with Gasteiger partial charge in [0.15, 0.2) is 0 Å². The second-order valence-electron chi connectivity index (χ2n) is 7.83. The summed E-state index contributed by atoms with van der Waals surface area (Å²) < 4.78 is 6.31. The molecule has 4 fully saturated rings. The topological polar surface area (TPSA) is 36.0 Å². The van der Waals surface area contributed by atoms with Crippen molar-refractivity contribution in [2.24, 2.45) is 5.92 Å². The van der Waals surface area contributed by atoms with E-state index in [0.717, 1.165) is 45.3 Å². The van der Waals surface area contributed by atoms with E-state index in [-0.39, 0.29) is 5.60 Å². The number of hydrogen-bond acceptors (Lipinski definition) is 4. The monoisotopic (exact) mass is 307 g/mol. The van der Waals surface area contributed by atoms with Gasteiger partial charge in [-0.3, -0.25) is 9.69 Å². The van der Waals surface area contributed by atoms with Crippen molar-refractivity contribution < 1.29 is 9.53 Å². The Morgan fingerprint density at radius 1 is 1.09 bits per heavy atom. The number of rotatable bonds is 3. The van der Waals surface area contributed by atoms with Gasteiger partial charge in [0.05, 0.1) is 11.7 Å². The molecule has 1 unspecified atom stereocenters. The van der Waals surface area contributed by atoms with E-state index in [1.807, 2.05) is 0 Å². The molecule has 0 radical (unpaired) electrons. The molecule has 4 rings (SSSR count). The van der Waals surface area contributed by atoms with Crippen molar-refractivity contribution in [1.82, 2.24) is 14.7 Å². The summed E-state index contributed by atoms with van der Waals surface area (Å²) in [6, 6.07) is 0. The van der Waals surface area contributed by atoms with E-state index in [1.54, 1.807) is 0 Å². The summed E-state index contributed by atoms with van der Waals surface area (Å²) in [5, 5.41) is 0. The lowest BCUT2D eigenvalue weighted by molar-refractivity contribution is -0.230. The fourth-order valence-electron chi connectivity index (χ4n) is 4.22. The number of likely N-dealkylation sites (N-methyl/N-ethyl adjacent to an activating group) is 1. The Morgan fingerprint density at radius 2 is 1.73 bits per heavy atom. The van der Waals surface area contributed by atoms with Crippen molar-refractivity contribution in [2.75, 3.05) is 52.9 Å². The quantitative estimate of drug-likeness (QED) is 0.772. The third-order valence-electron chi connectivity index (χ3n) is 5.99. The highest BCUT2D eigenvalue weighted by Crippen LogP contribution is 2.42. The van der Waals surface area contributed by atoms with Crippen molar-refractivity contribution >= 4 is 5.91 Å². The zero-order chi connectivity index (χ0) is 15.2. The molecular formula is C17H29N3O2. The van der Waals surface area contributed by atoms with E-state index in [2.05, 4.69) is 21.7 Å². The molecule has 0 aromatic rings. The van der Waals surface area contributed by atoms with Gasteiger partial charge in [-0.2, -0.15) is 0 Å². The molecule has 0 aromatic heterocycles. The maximum atomic E-state index is 12.1. The van der Waals surface area contributed by atoms with E-state index in [1.165, 1.54) is 32.6 Å². The van der Waals surface area contributed by atoms with Crippen LogP contribution in [0.3, 0.4) is 0 Å². The number of hydrogen-bond donors (Lipinski definition) is 0. The van der Waals surface area contributed by atoms with E-state index < -0.39 is 0 Å². The first kappa shape index (κ1) is 14.9. The molecule has 22 heavy (non-hydrogen) atoms. The van der Waals surface area contributed by atoms with Gasteiger partial charge < -0.3 is 14.5 Å². The first-order chi connectivity index (χ1) is 10.6. The Bertz CT molecular complexity index is 414. The highest BCUT2D eigenvalue weighted by atomic mass is 16.5. The first-order valence-corrected chi connectivity index (χ1v) is 9.01. The Labute approximate surface area is 133 Å². The van der Waals surface area contributed by atoms with Gasteiger partial charge in [-0.05, 0) is 32.7 Å². The molecule has 0 aromatic carbocycles. The predicted octanol–water partition coefficient (Wildman–Crippen LogP) is 0.794. The van der Waals surface area contributed by atoms with Crippen molar-refractivity contribution in [3.05, 3.63) is 0 Å². The summed E-state index contributed by atoms with van der Waals surface area (Å²) in [5.41, 5.74) is 0.109. The van der Waals surface area contributed by atoms with Crippen LogP contribution >= 0.6 is 0 Å². The van der Waals surface area contributed by atoms with Crippen molar-refractivity contribution in [1.29, 1.82) is 0 Å². The van der Waals surface area contributed by atoms with Crippen LogP contribution in [-0.4, -0.2) is 85.2 Å². The molecule has 1 saturated carbocycles. The highest BCUT2D eigenvalue weighted by molar-refractivity contribution is 5.81. The molecule has 3 saturated heterocycles. The molecule has 5 nitrogen and oxygen atoms in total. The molecule has 1 atom stereocenters. The number of ether oxygens (including phenoxy) is 1. The number of carbonyl (C=O) groups excluding carboxylic acids is 1. The Balaban J connectivity index is 1.19. The Kier molecular flexibility index (Phi) is 3.91. The lowest BCUT2D eigenvalue weighted by Crippen LogP contribution is -2.60. The summed E-state index contributed by atoms with van der Waals surface area (Å²) in [4.78, 5) is 19.1. The standard InChI is InChI=1S/C17H29N3O2/c1-18-8-10-19(11-9-18)13-15-12-17(22-15)4-6-20(7-5-17)16(21)14-2-3-14/h14-15H,2-13H2,1H3. The number of amides is 1. The fourth-order valence-corrected chi connectivity index (χ4v) is 4.22. The van der Waals surface area contributed by atoms with Gasteiger partial charge in [0.25, 0.3) is 0 Å². The van der Waals surface area contributed by atoms with Gasteiger partial charge in [0.1, 0.15) is 0 Å². The van der Waals surface area contributed by atoms with Gasteiger partial charge >= 0.3 is 0 Å².